The van der Waals surface area contributed by atoms with Gasteiger partial charge in [-0.15, -0.1) is 0 Å². The molecule has 2 aromatic heterocycles. The van der Waals surface area contributed by atoms with Crippen LogP contribution in [0, 0.1) is 6.92 Å². The zero-order valence-corrected chi connectivity index (χ0v) is 11.2. The predicted molar refractivity (Wildman–Crippen MR) is 79.6 cm³/mol. The van der Waals surface area contributed by atoms with Gasteiger partial charge in [-0.1, -0.05) is 18.2 Å². The highest BCUT2D eigenvalue weighted by Crippen LogP contribution is 2.22. The van der Waals surface area contributed by atoms with Gasteiger partial charge in [0.1, 0.15) is 0 Å². The minimum absolute atomic E-state index is 0.0362. The predicted octanol–water partition coefficient (Wildman–Crippen LogP) is 3.05. The summed E-state index contributed by atoms with van der Waals surface area (Å²) in [5.74, 6) is -0.0362. The first-order chi connectivity index (χ1) is 9.74. The molecule has 0 bridgehead atoms. The Balaban J connectivity index is 1.83. The molecule has 0 aliphatic carbocycles. The van der Waals surface area contributed by atoms with Crippen molar-refractivity contribution in [3.63, 3.8) is 0 Å². The highest BCUT2D eigenvalue weighted by Gasteiger charge is 2.12. The van der Waals surface area contributed by atoms with Gasteiger partial charge in [0.15, 0.2) is 0 Å². The van der Waals surface area contributed by atoms with Crippen molar-refractivity contribution in [2.45, 2.75) is 13.3 Å². The maximum Gasteiger partial charge on any atom is 0.228 e. The summed E-state index contributed by atoms with van der Waals surface area (Å²) in [6, 6.07) is 11.6. The van der Waals surface area contributed by atoms with Crippen LogP contribution in [0.3, 0.4) is 0 Å². The number of aromatic nitrogens is 2. The molecule has 0 aliphatic heterocycles. The molecule has 2 heterocycles. The third-order valence-electron chi connectivity index (χ3n) is 3.31. The average molecular weight is 265 g/mol. The van der Waals surface area contributed by atoms with Crippen LogP contribution in [-0.2, 0) is 11.2 Å². The van der Waals surface area contributed by atoms with Crippen LogP contribution < -0.4 is 5.32 Å². The van der Waals surface area contributed by atoms with Crippen molar-refractivity contribution in [1.82, 2.24) is 9.97 Å². The first kappa shape index (κ1) is 12.4. The third-order valence-corrected chi connectivity index (χ3v) is 3.31. The molecule has 1 amide bonds. The lowest BCUT2D eigenvalue weighted by Gasteiger charge is -2.05. The lowest BCUT2D eigenvalue weighted by atomic mass is 10.1. The van der Waals surface area contributed by atoms with Crippen molar-refractivity contribution in [2.75, 3.05) is 5.32 Å². The minimum Gasteiger partial charge on any atom is -0.358 e. The fourth-order valence-corrected chi connectivity index (χ4v) is 2.36. The van der Waals surface area contributed by atoms with E-state index >= 15 is 0 Å². The second kappa shape index (κ2) is 5.17. The van der Waals surface area contributed by atoms with E-state index < -0.39 is 0 Å². The van der Waals surface area contributed by atoms with E-state index in [0.717, 1.165) is 27.8 Å². The molecule has 4 heteroatoms. The summed E-state index contributed by atoms with van der Waals surface area (Å²) in [4.78, 5) is 19.4. The standard InChI is InChI=1S/C16H15N3O/c1-11-14(13-6-2-3-7-15(13)18-11)9-16(20)19-12-5-4-8-17-10-12/h2-8,10,18H,9H2,1H3,(H,19,20). The van der Waals surface area contributed by atoms with E-state index in [9.17, 15) is 4.79 Å². The summed E-state index contributed by atoms with van der Waals surface area (Å²) in [6.45, 7) is 1.99. The maximum atomic E-state index is 12.1. The van der Waals surface area contributed by atoms with Gasteiger partial charge in [0, 0.05) is 22.8 Å². The molecule has 3 aromatic rings. The van der Waals surface area contributed by atoms with E-state index in [2.05, 4.69) is 15.3 Å². The Morgan fingerprint density at radius 3 is 2.90 bits per heavy atom. The summed E-state index contributed by atoms with van der Waals surface area (Å²) in [6.07, 6.45) is 3.67. The number of carbonyl (C=O) groups excluding carboxylic acids is 1. The number of pyridine rings is 1. The number of anilines is 1. The molecule has 0 saturated carbocycles. The van der Waals surface area contributed by atoms with E-state index in [0.29, 0.717) is 6.42 Å². The van der Waals surface area contributed by atoms with E-state index in [1.165, 1.54) is 0 Å². The monoisotopic (exact) mass is 265 g/mol. The Bertz CT molecular complexity index is 747. The van der Waals surface area contributed by atoms with Crippen molar-refractivity contribution < 1.29 is 4.79 Å². The maximum absolute atomic E-state index is 12.1. The topological polar surface area (TPSA) is 57.8 Å². The zero-order chi connectivity index (χ0) is 13.9. The molecule has 100 valence electrons. The van der Waals surface area contributed by atoms with Gasteiger partial charge >= 0.3 is 0 Å². The van der Waals surface area contributed by atoms with Crippen LogP contribution >= 0.6 is 0 Å². The molecule has 0 aliphatic rings. The molecule has 0 fully saturated rings. The molecule has 4 nitrogen and oxygen atoms in total. The highest BCUT2D eigenvalue weighted by atomic mass is 16.1. The second-order valence-corrected chi connectivity index (χ2v) is 4.74. The van der Waals surface area contributed by atoms with Crippen molar-refractivity contribution in [1.29, 1.82) is 0 Å². The number of H-pyrrole nitrogens is 1. The lowest BCUT2D eigenvalue weighted by molar-refractivity contribution is -0.115. The quantitative estimate of drug-likeness (QED) is 0.764. The van der Waals surface area contributed by atoms with Crippen molar-refractivity contribution in [3.05, 3.63) is 60.0 Å². The molecule has 3 rings (SSSR count). The van der Waals surface area contributed by atoms with Gasteiger partial charge in [-0.05, 0) is 30.7 Å². The molecular weight excluding hydrogens is 250 g/mol. The van der Waals surface area contributed by atoms with Gasteiger partial charge < -0.3 is 10.3 Å². The number of hydrogen-bond acceptors (Lipinski definition) is 2. The second-order valence-electron chi connectivity index (χ2n) is 4.74. The molecule has 0 saturated heterocycles. The molecule has 0 spiro atoms. The van der Waals surface area contributed by atoms with E-state index in [1.807, 2.05) is 37.3 Å². The van der Waals surface area contributed by atoms with Crippen LogP contribution in [0.1, 0.15) is 11.3 Å². The number of benzene rings is 1. The normalized spacial score (nSPS) is 10.7. The fourth-order valence-electron chi connectivity index (χ4n) is 2.36. The smallest absolute Gasteiger partial charge is 0.228 e. The van der Waals surface area contributed by atoms with Crippen LogP contribution in [0.25, 0.3) is 10.9 Å². The number of hydrogen-bond donors (Lipinski definition) is 2. The average Bonchev–Trinajstić information content (AvgIpc) is 2.76. The number of aromatic amines is 1. The summed E-state index contributed by atoms with van der Waals surface area (Å²) in [7, 11) is 0. The number of fused-ring (bicyclic) bond motifs is 1. The number of rotatable bonds is 3. The Labute approximate surface area is 116 Å². The van der Waals surface area contributed by atoms with Gasteiger partial charge in [0.05, 0.1) is 18.3 Å². The summed E-state index contributed by atoms with van der Waals surface area (Å²) < 4.78 is 0. The van der Waals surface area contributed by atoms with Gasteiger partial charge in [-0.2, -0.15) is 0 Å². The van der Waals surface area contributed by atoms with Crippen LogP contribution in [0.4, 0.5) is 5.69 Å². The number of carbonyl (C=O) groups is 1. The van der Waals surface area contributed by atoms with Gasteiger partial charge in [0.2, 0.25) is 5.91 Å². The molecule has 0 radical (unpaired) electrons. The lowest BCUT2D eigenvalue weighted by Crippen LogP contribution is -2.14. The van der Waals surface area contributed by atoms with E-state index in [-0.39, 0.29) is 5.91 Å². The van der Waals surface area contributed by atoms with Crippen LogP contribution in [0.15, 0.2) is 48.8 Å². The van der Waals surface area contributed by atoms with Gasteiger partial charge in [0.25, 0.3) is 0 Å². The number of aryl methyl sites for hydroxylation is 1. The zero-order valence-electron chi connectivity index (χ0n) is 11.2. The Kier molecular flexibility index (Phi) is 3.21. The van der Waals surface area contributed by atoms with Crippen LogP contribution in [-0.4, -0.2) is 15.9 Å². The summed E-state index contributed by atoms with van der Waals surface area (Å²) >= 11 is 0. The Morgan fingerprint density at radius 2 is 2.10 bits per heavy atom. The van der Waals surface area contributed by atoms with Gasteiger partial charge in [-0.25, -0.2) is 0 Å². The van der Waals surface area contributed by atoms with Crippen LogP contribution in [0.2, 0.25) is 0 Å². The van der Waals surface area contributed by atoms with Crippen molar-refractivity contribution >= 4 is 22.5 Å². The van der Waals surface area contributed by atoms with E-state index in [4.69, 9.17) is 0 Å². The SMILES string of the molecule is Cc1[nH]c2ccccc2c1CC(=O)Nc1cccnc1. The molecular formula is C16H15N3O. The summed E-state index contributed by atoms with van der Waals surface area (Å²) in [5.41, 5.74) is 3.86. The molecule has 1 aromatic carbocycles. The summed E-state index contributed by atoms with van der Waals surface area (Å²) in [5, 5.41) is 3.96. The van der Waals surface area contributed by atoms with Crippen molar-refractivity contribution in [2.24, 2.45) is 0 Å². The van der Waals surface area contributed by atoms with Crippen molar-refractivity contribution in [3.8, 4) is 0 Å². The molecule has 0 unspecified atom stereocenters. The molecule has 2 N–H and O–H groups in total. The highest BCUT2D eigenvalue weighted by molar-refractivity contribution is 5.96. The van der Waals surface area contributed by atoms with E-state index in [1.54, 1.807) is 18.5 Å². The molecule has 0 atom stereocenters. The fraction of sp³-hybridized carbons (Fsp3) is 0.125. The number of nitrogens with zero attached hydrogens (tertiary/aromatic N) is 1. The van der Waals surface area contributed by atoms with Crippen LogP contribution in [0.5, 0.6) is 0 Å². The number of para-hydroxylation sites is 1. The Morgan fingerprint density at radius 1 is 1.25 bits per heavy atom. The molecule has 20 heavy (non-hydrogen) atoms. The largest absolute Gasteiger partial charge is 0.358 e. The number of amides is 1. The van der Waals surface area contributed by atoms with Gasteiger partial charge in [-0.3, -0.25) is 9.78 Å². The first-order valence-corrected chi connectivity index (χ1v) is 6.50. The first-order valence-electron chi connectivity index (χ1n) is 6.50. The Hall–Kier alpha value is -2.62. The third kappa shape index (κ3) is 2.40. The minimum atomic E-state index is -0.0362. The number of nitrogens with one attached hydrogen (secondary N) is 2.